The molecule has 76 valence electrons. The van der Waals surface area contributed by atoms with Gasteiger partial charge in [-0.25, -0.2) is 4.68 Å². The number of rotatable bonds is 1. The molecule has 0 radical (unpaired) electrons. The Morgan fingerprint density at radius 3 is 2.64 bits per heavy atom. The predicted octanol–water partition coefficient (Wildman–Crippen LogP) is -0.529. The maximum Gasteiger partial charge on any atom is 0.147 e. The number of fused-ring (bicyclic) bond motifs is 1. The Hall–Kier alpha value is -1.10. The van der Waals surface area contributed by atoms with E-state index in [4.69, 9.17) is 0 Å². The summed E-state index contributed by atoms with van der Waals surface area (Å²) in [5.41, 5.74) is 0. The zero-order valence-electron chi connectivity index (χ0n) is 8.35. The second-order valence-electron chi connectivity index (χ2n) is 4.30. The van der Waals surface area contributed by atoms with E-state index in [1.165, 1.54) is 13.1 Å². The number of hydrogen-bond donors (Lipinski definition) is 1. The molecule has 14 heavy (non-hydrogen) atoms. The molecule has 3 heterocycles. The Morgan fingerprint density at radius 2 is 2.07 bits per heavy atom. The highest BCUT2D eigenvalue weighted by Crippen LogP contribution is 2.29. The molecule has 0 aliphatic carbocycles. The lowest BCUT2D eigenvalue weighted by molar-refractivity contribution is 0.533. The summed E-state index contributed by atoms with van der Waals surface area (Å²) in [7, 11) is 1.95. The van der Waals surface area contributed by atoms with Gasteiger partial charge in [-0.15, -0.1) is 5.10 Å². The number of nitrogens with zero attached hydrogens (tertiary/aromatic N) is 4. The molecule has 2 fully saturated rings. The first-order valence-corrected chi connectivity index (χ1v) is 5.15. The van der Waals surface area contributed by atoms with Gasteiger partial charge in [-0.05, 0) is 11.8 Å². The van der Waals surface area contributed by atoms with Gasteiger partial charge in [-0.1, -0.05) is 5.21 Å². The second-order valence-corrected chi connectivity index (χ2v) is 4.30. The smallest absolute Gasteiger partial charge is 0.147 e. The quantitative estimate of drug-likeness (QED) is 0.651. The van der Waals surface area contributed by atoms with Crippen molar-refractivity contribution in [2.75, 3.05) is 31.1 Å². The highest BCUT2D eigenvalue weighted by atomic mass is 15.5. The minimum Gasteiger partial charge on any atom is -0.355 e. The van der Waals surface area contributed by atoms with Crippen LogP contribution in [0.2, 0.25) is 0 Å². The van der Waals surface area contributed by atoms with E-state index in [-0.39, 0.29) is 0 Å². The van der Waals surface area contributed by atoms with Gasteiger partial charge in [-0.2, -0.15) is 0 Å². The highest BCUT2D eigenvalue weighted by Gasteiger charge is 2.36. The fourth-order valence-corrected chi connectivity index (χ4v) is 2.61. The van der Waals surface area contributed by atoms with E-state index in [0.717, 1.165) is 30.7 Å². The summed E-state index contributed by atoms with van der Waals surface area (Å²) in [6.45, 7) is 4.65. The lowest BCUT2D eigenvalue weighted by Gasteiger charge is -2.18. The molecule has 2 atom stereocenters. The molecule has 1 aromatic rings. The topological polar surface area (TPSA) is 46.0 Å². The number of aryl methyl sites for hydroxylation is 1. The summed E-state index contributed by atoms with van der Waals surface area (Å²) < 4.78 is 1.86. The SMILES string of the molecule is Cn1nncc1N1CC2CNCC2C1. The van der Waals surface area contributed by atoms with Gasteiger partial charge < -0.3 is 10.2 Å². The average molecular weight is 193 g/mol. The molecule has 1 aromatic heterocycles. The van der Waals surface area contributed by atoms with E-state index in [2.05, 4.69) is 20.5 Å². The number of anilines is 1. The van der Waals surface area contributed by atoms with Gasteiger partial charge in [0.05, 0.1) is 6.20 Å². The van der Waals surface area contributed by atoms with Crippen molar-refractivity contribution in [2.24, 2.45) is 18.9 Å². The van der Waals surface area contributed by atoms with Crippen molar-refractivity contribution < 1.29 is 0 Å². The zero-order chi connectivity index (χ0) is 9.54. The van der Waals surface area contributed by atoms with Crippen LogP contribution in [0, 0.1) is 11.8 Å². The van der Waals surface area contributed by atoms with E-state index < -0.39 is 0 Å². The number of nitrogens with one attached hydrogen (secondary N) is 1. The van der Waals surface area contributed by atoms with Crippen LogP contribution in [0.4, 0.5) is 5.82 Å². The first-order chi connectivity index (χ1) is 6.84. The molecule has 0 aromatic carbocycles. The van der Waals surface area contributed by atoms with Crippen molar-refractivity contribution in [3.63, 3.8) is 0 Å². The molecule has 2 saturated heterocycles. The molecule has 3 rings (SSSR count). The van der Waals surface area contributed by atoms with Crippen molar-refractivity contribution in [2.45, 2.75) is 0 Å². The number of hydrogen-bond acceptors (Lipinski definition) is 4. The molecule has 2 unspecified atom stereocenters. The summed E-state index contributed by atoms with van der Waals surface area (Å²) in [5.74, 6) is 2.80. The van der Waals surface area contributed by atoms with Crippen molar-refractivity contribution in [1.82, 2.24) is 20.3 Å². The molecule has 2 aliphatic heterocycles. The van der Waals surface area contributed by atoms with Crippen LogP contribution in [0.15, 0.2) is 6.20 Å². The largest absolute Gasteiger partial charge is 0.355 e. The minimum absolute atomic E-state index is 0.824. The molecule has 5 nitrogen and oxygen atoms in total. The molecule has 0 bridgehead atoms. The van der Waals surface area contributed by atoms with Gasteiger partial charge >= 0.3 is 0 Å². The van der Waals surface area contributed by atoms with Crippen molar-refractivity contribution >= 4 is 5.82 Å². The van der Waals surface area contributed by atoms with Gasteiger partial charge in [0.1, 0.15) is 5.82 Å². The van der Waals surface area contributed by atoms with Crippen molar-refractivity contribution in [3.05, 3.63) is 6.20 Å². The molecule has 0 spiro atoms. The Bertz CT molecular complexity index is 322. The van der Waals surface area contributed by atoms with Crippen LogP contribution in [-0.4, -0.2) is 41.2 Å². The fourth-order valence-electron chi connectivity index (χ4n) is 2.61. The van der Waals surface area contributed by atoms with Crippen LogP contribution >= 0.6 is 0 Å². The predicted molar refractivity (Wildman–Crippen MR) is 53.1 cm³/mol. The van der Waals surface area contributed by atoms with Crippen molar-refractivity contribution in [3.8, 4) is 0 Å². The van der Waals surface area contributed by atoms with E-state index in [1.54, 1.807) is 0 Å². The monoisotopic (exact) mass is 193 g/mol. The van der Waals surface area contributed by atoms with Crippen LogP contribution in [0.3, 0.4) is 0 Å². The summed E-state index contributed by atoms with van der Waals surface area (Å²) in [6.07, 6.45) is 1.86. The van der Waals surface area contributed by atoms with Gasteiger partial charge in [0.25, 0.3) is 0 Å². The van der Waals surface area contributed by atoms with E-state index in [9.17, 15) is 0 Å². The van der Waals surface area contributed by atoms with Gasteiger partial charge in [0.2, 0.25) is 0 Å². The summed E-state index contributed by atoms with van der Waals surface area (Å²) in [6, 6.07) is 0. The van der Waals surface area contributed by atoms with Crippen molar-refractivity contribution in [1.29, 1.82) is 0 Å². The molecule has 0 amide bonds. The number of aromatic nitrogens is 3. The van der Waals surface area contributed by atoms with Gasteiger partial charge in [0, 0.05) is 33.2 Å². The minimum atomic E-state index is 0.824. The summed E-state index contributed by atoms with van der Waals surface area (Å²) >= 11 is 0. The Morgan fingerprint density at radius 1 is 1.36 bits per heavy atom. The second kappa shape index (κ2) is 2.95. The van der Waals surface area contributed by atoms with Crippen LogP contribution in [0.25, 0.3) is 0 Å². The maximum absolute atomic E-state index is 3.96. The van der Waals surface area contributed by atoms with Crippen LogP contribution < -0.4 is 10.2 Å². The van der Waals surface area contributed by atoms with E-state index >= 15 is 0 Å². The summed E-state index contributed by atoms with van der Waals surface area (Å²) in [5, 5.41) is 11.3. The summed E-state index contributed by atoms with van der Waals surface area (Å²) in [4.78, 5) is 2.40. The third kappa shape index (κ3) is 1.12. The third-order valence-electron chi connectivity index (χ3n) is 3.40. The molecule has 2 aliphatic rings. The van der Waals surface area contributed by atoms with Gasteiger partial charge in [0.15, 0.2) is 0 Å². The van der Waals surface area contributed by atoms with Crippen LogP contribution in [-0.2, 0) is 7.05 Å². The van der Waals surface area contributed by atoms with Crippen LogP contribution in [0.5, 0.6) is 0 Å². The Labute approximate surface area is 83.1 Å². The first kappa shape index (κ1) is 8.23. The maximum atomic E-state index is 3.96. The third-order valence-corrected chi connectivity index (χ3v) is 3.40. The average Bonchev–Trinajstić information content (AvgIpc) is 2.75. The Balaban J connectivity index is 1.80. The fraction of sp³-hybridized carbons (Fsp3) is 0.778. The molecule has 5 heteroatoms. The zero-order valence-corrected chi connectivity index (χ0v) is 8.35. The standard InChI is InChI=1S/C9H15N5/c1-13-9(4-11-12-13)14-5-7-2-10-3-8(7)6-14/h4,7-8,10H,2-3,5-6H2,1H3. The lowest BCUT2D eigenvalue weighted by Crippen LogP contribution is -2.27. The van der Waals surface area contributed by atoms with E-state index in [1.807, 2.05) is 17.9 Å². The first-order valence-electron chi connectivity index (χ1n) is 5.15. The normalized spacial score (nSPS) is 31.1. The molecular weight excluding hydrogens is 178 g/mol. The highest BCUT2D eigenvalue weighted by molar-refractivity contribution is 5.38. The molecule has 1 N–H and O–H groups in total. The van der Waals surface area contributed by atoms with Gasteiger partial charge in [-0.3, -0.25) is 0 Å². The molecule has 0 saturated carbocycles. The lowest BCUT2D eigenvalue weighted by atomic mass is 10.0. The van der Waals surface area contributed by atoms with Crippen LogP contribution in [0.1, 0.15) is 0 Å². The Kier molecular flexibility index (Phi) is 1.73. The molecular formula is C9H15N5. The van der Waals surface area contributed by atoms with E-state index in [0.29, 0.717) is 0 Å².